The number of aromatic amines is 1. The fraction of sp³-hybridized carbons (Fsp3) is 0.324. The Bertz CT molecular complexity index is 1610. The third kappa shape index (κ3) is 5.88. The first-order valence-electron chi connectivity index (χ1n) is 14.5. The van der Waals surface area contributed by atoms with Gasteiger partial charge in [-0.1, -0.05) is 68.5 Å². The third-order valence-corrected chi connectivity index (χ3v) is 8.08. The Balaban J connectivity index is 1.32. The van der Waals surface area contributed by atoms with Crippen LogP contribution in [0.2, 0.25) is 0 Å². The Labute approximate surface area is 247 Å². The number of methoxy groups -OCH3 is 1. The van der Waals surface area contributed by atoms with Crippen LogP contribution in [0.1, 0.15) is 51.0 Å². The second-order valence-electron chi connectivity index (χ2n) is 11.0. The zero-order valence-electron chi connectivity index (χ0n) is 24.9. The van der Waals surface area contributed by atoms with Crippen molar-refractivity contribution in [2.24, 2.45) is 5.92 Å². The van der Waals surface area contributed by atoms with Crippen LogP contribution >= 0.6 is 0 Å². The maximum absolute atomic E-state index is 13.4. The van der Waals surface area contributed by atoms with Gasteiger partial charge >= 0.3 is 6.09 Å². The highest BCUT2D eigenvalue weighted by Gasteiger charge is 2.37. The number of nitrogens with one attached hydrogen (secondary N) is 3. The molecule has 0 aliphatic carbocycles. The van der Waals surface area contributed by atoms with Crippen LogP contribution in [-0.2, 0) is 9.53 Å². The number of imidazole rings is 1. The number of allylic oxidation sites excluding steroid dienone is 1. The van der Waals surface area contributed by atoms with Crippen LogP contribution in [0.3, 0.4) is 0 Å². The molecule has 3 N–H and O–H groups in total. The molecule has 0 radical (unpaired) electrons. The number of hydrogen-bond donors (Lipinski definition) is 3. The van der Waals surface area contributed by atoms with Crippen molar-refractivity contribution in [3.05, 3.63) is 84.3 Å². The van der Waals surface area contributed by atoms with E-state index in [1.54, 1.807) is 0 Å². The highest BCUT2D eigenvalue weighted by atomic mass is 16.5. The van der Waals surface area contributed by atoms with Gasteiger partial charge in [0, 0.05) is 19.3 Å². The smallest absolute Gasteiger partial charge is 0.407 e. The van der Waals surface area contributed by atoms with E-state index in [9.17, 15) is 9.59 Å². The normalized spacial score (nSPS) is 16.1. The van der Waals surface area contributed by atoms with Crippen molar-refractivity contribution in [3.8, 4) is 22.4 Å². The molecule has 1 fully saturated rings. The molecule has 1 aliphatic heterocycles. The summed E-state index contributed by atoms with van der Waals surface area (Å²) in [7, 11) is 3.24. The van der Waals surface area contributed by atoms with Gasteiger partial charge in [0.05, 0.1) is 25.0 Å². The number of H-pyrrole nitrogens is 1. The monoisotopic (exact) mass is 565 g/mol. The second kappa shape index (κ2) is 12.5. The van der Waals surface area contributed by atoms with E-state index in [0.29, 0.717) is 6.54 Å². The van der Waals surface area contributed by atoms with Crippen LogP contribution in [0.4, 0.5) is 4.79 Å². The van der Waals surface area contributed by atoms with Gasteiger partial charge in [-0.15, -0.1) is 0 Å². The topological polar surface area (TPSA) is 99.4 Å². The SMILES string of the molecule is C/C=C(\NC)c1ccc2cc(-c3ccc(-c4cnc([C@@H]5CCCN5C(=O)[C@@H](NC(=O)OC)C(C)C)[nH]4)cc3)ccc2c1. The summed E-state index contributed by atoms with van der Waals surface area (Å²) in [5, 5.41) is 8.34. The summed E-state index contributed by atoms with van der Waals surface area (Å²) in [5.74, 6) is 0.567. The molecule has 1 aromatic heterocycles. The van der Waals surface area contributed by atoms with Crippen LogP contribution in [0, 0.1) is 5.92 Å². The Morgan fingerprint density at radius 3 is 2.40 bits per heavy atom. The predicted molar refractivity (Wildman–Crippen MR) is 168 cm³/mol. The minimum Gasteiger partial charge on any atom is -0.453 e. The lowest BCUT2D eigenvalue weighted by atomic mass is 9.98. The highest BCUT2D eigenvalue weighted by molar-refractivity contribution is 5.90. The van der Waals surface area contributed by atoms with Gasteiger partial charge in [0.2, 0.25) is 5.91 Å². The molecule has 0 saturated carbocycles. The van der Waals surface area contributed by atoms with Gasteiger partial charge in [0.15, 0.2) is 0 Å². The first-order valence-corrected chi connectivity index (χ1v) is 14.5. The fourth-order valence-corrected chi connectivity index (χ4v) is 5.74. The van der Waals surface area contributed by atoms with E-state index in [-0.39, 0.29) is 17.9 Å². The summed E-state index contributed by atoms with van der Waals surface area (Å²) < 4.78 is 4.74. The maximum Gasteiger partial charge on any atom is 0.407 e. The maximum atomic E-state index is 13.4. The second-order valence-corrected chi connectivity index (χ2v) is 11.0. The van der Waals surface area contributed by atoms with Gasteiger partial charge in [-0.25, -0.2) is 9.78 Å². The number of ether oxygens (including phenoxy) is 1. The lowest BCUT2D eigenvalue weighted by Crippen LogP contribution is -2.51. The summed E-state index contributed by atoms with van der Waals surface area (Å²) in [4.78, 5) is 35.2. The van der Waals surface area contributed by atoms with Crippen LogP contribution in [0.15, 0.2) is 72.9 Å². The highest BCUT2D eigenvalue weighted by Crippen LogP contribution is 2.33. The fourth-order valence-electron chi connectivity index (χ4n) is 5.74. The largest absolute Gasteiger partial charge is 0.453 e. The van der Waals surface area contributed by atoms with Gasteiger partial charge in [0.1, 0.15) is 11.9 Å². The number of likely N-dealkylation sites (tertiary alicyclic amines) is 1. The van der Waals surface area contributed by atoms with Crippen molar-refractivity contribution in [2.45, 2.75) is 45.7 Å². The molecule has 42 heavy (non-hydrogen) atoms. The van der Waals surface area contributed by atoms with Crippen molar-refractivity contribution in [1.29, 1.82) is 0 Å². The zero-order valence-corrected chi connectivity index (χ0v) is 24.9. The summed E-state index contributed by atoms with van der Waals surface area (Å²) in [6.45, 7) is 6.49. The third-order valence-electron chi connectivity index (χ3n) is 8.08. The number of fused-ring (bicyclic) bond motifs is 1. The summed E-state index contributed by atoms with van der Waals surface area (Å²) >= 11 is 0. The van der Waals surface area contributed by atoms with Gasteiger partial charge in [-0.05, 0) is 70.8 Å². The minimum atomic E-state index is -0.656. The molecule has 0 unspecified atom stereocenters. The minimum absolute atomic E-state index is 0.0759. The molecule has 8 nitrogen and oxygen atoms in total. The zero-order chi connectivity index (χ0) is 29.8. The predicted octanol–water partition coefficient (Wildman–Crippen LogP) is 6.52. The molecule has 4 aromatic rings. The lowest BCUT2D eigenvalue weighted by molar-refractivity contribution is -0.135. The number of carbonyl (C=O) groups excluding carboxylic acids is 2. The van der Waals surface area contributed by atoms with Crippen LogP contribution in [-0.4, -0.2) is 53.6 Å². The molecule has 0 spiro atoms. The number of benzene rings is 3. The van der Waals surface area contributed by atoms with E-state index in [4.69, 9.17) is 4.74 Å². The molecule has 0 bridgehead atoms. The molecule has 2 amide bonds. The lowest BCUT2D eigenvalue weighted by Gasteiger charge is -2.30. The van der Waals surface area contributed by atoms with Crippen LogP contribution in [0.5, 0.6) is 0 Å². The van der Waals surface area contributed by atoms with Gasteiger partial charge in [-0.2, -0.15) is 0 Å². The number of rotatable bonds is 8. The summed E-state index contributed by atoms with van der Waals surface area (Å²) in [5.41, 5.74) is 6.51. The van der Waals surface area contributed by atoms with E-state index in [1.807, 2.05) is 38.9 Å². The Morgan fingerprint density at radius 2 is 1.71 bits per heavy atom. The molecular formula is C34H39N5O3. The van der Waals surface area contributed by atoms with E-state index < -0.39 is 12.1 Å². The summed E-state index contributed by atoms with van der Waals surface area (Å²) in [6, 6.07) is 20.7. The van der Waals surface area contributed by atoms with Gasteiger partial charge in [0.25, 0.3) is 0 Å². The standard InChI is InChI=1S/C34H39N5O3/c1-6-28(35-4)27-16-15-25-18-24(13-14-26(25)19-27)22-9-11-23(12-10-22)29-20-36-32(37-29)30-8-7-17-39(30)33(40)31(21(2)3)38-34(41)42-5/h6,9-16,18-21,30-31,35H,7-8,17H2,1-5H3,(H,36,37)(H,38,41)/b28-6-/t30-,31-/m0/s1. The van der Waals surface area contributed by atoms with Gasteiger partial charge < -0.3 is 25.3 Å². The number of hydrogen-bond acceptors (Lipinski definition) is 5. The van der Waals surface area contributed by atoms with Crippen molar-refractivity contribution in [1.82, 2.24) is 25.5 Å². The molecule has 1 saturated heterocycles. The average Bonchev–Trinajstić information content (AvgIpc) is 3.70. The molecule has 218 valence electrons. The van der Waals surface area contributed by atoms with E-state index in [0.717, 1.165) is 46.7 Å². The first-order chi connectivity index (χ1) is 20.3. The van der Waals surface area contributed by atoms with Crippen molar-refractivity contribution >= 4 is 28.5 Å². The van der Waals surface area contributed by atoms with E-state index >= 15 is 0 Å². The molecule has 3 aromatic carbocycles. The molecule has 5 rings (SSSR count). The van der Waals surface area contributed by atoms with Crippen molar-refractivity contribution in [3.63, 3.8) is 0 Å². The number of carbonyl (C=O) groups is 2. The Hall–Kier alpha value is -4.59. The number of alkyl carbamates (subject to hydrolysis) is 1. The first kappa shape index (κ1) is 28.9. The number of aromatic nitrogens is 2. The molecule has 1 aliphatic rings. The van der Waals surface area contributed by atoms with E-state index in [1.165, 1.54) is 23.4 Å². The van der Waals surface area contributed by atoms with Gasteiger partial charge in [-0.3, -0.25) is 4.79 Å². The number of nitrogens with zero attached hydrogens (tertiary/aromatic N) is 2. The molecule has 8 heteroatoms. The summed E-state index contributed by atoms with van der Waals surface area (Å²) in [6.07, 6.45) is 5.00. The van der Waals surface area contributed by atoms with Crippen LogP contribution < -0.4 is 10.6 Å². The molecule has 2 heterocycles. The van der Waals surface area contributed by atoms with Crippen molar-refractivity contribution < 1.29 is 14.3 Å². The van der Waals surface area contributed by atoms with Crippen molar-refractivity contribution in [2.75, 3.05) is 20.7 Å². The molecular weight excluding hydrogens is 526 g/mol. The molecule has 2 atom stereocenters. The Kier molecular flexibility index (Phi) is 8.61. The quantitative estimate of drug-likeness (QED) is 0.226. The van der Waals surface area contributed by atoms with E-state index in [2.05, 4.69) is 87.3 Å². The number of amides is 2. The van der Waals surface area contributed by atoms with Crippen LogP contribution in [0.25, 0.3) is 38.9 Å². The Morgan fingerprint density at radius 1 is 1.02 bits per heavy atom. The average molecular weight is 566 g/mol.